The van der Waals surface area contributed by atoms with E-state index in [0.717, 1.165) is 26.2 Å². The van der Waals surface area contributed by atoms with Gasteiger partial charge in [-0.3, -0.25) is 0 Å². The minimum Gasteiger partial charge on any atom is -0.477 e. The molecule has 0 radical (unpaired) electrons. The fourth-order valence-corrected chi connectivity index (χ4v) is 1.71. The fourth-order valence-electron chi connectivity index (χ4n) is 1.71. The number of aromatic nitrogens is 2. The first-order valence-corrected chi connectivity index (χ1v) is 5.37. The number of nitrogens with two attached hydrogens (primary N) is 1. The number of carboxylic acid groups (broad SMARTS) is 1. The van der Waals surface area contributed by atoms with Crippen LogP contribution in [0.3, 0.4) is 0 Å². The molecule has 0 aromatic carbocycles. The second kappa shape index (κ2) is 4.54. The number of anilines is 2. The smallest absolute Gasteiger partial charge is 0.341 e. The van der Waals surface area contributed by atoms with Gasteiger partial charge in [0, 0.05) is 32.4 Å². The van der Waals surface area contributed by atoms with Gasteiger partial charge in [-0.2, -0.15) is 4.98 Å². The number of nitrogen functional groups attached to an aromatic ring is 1. The molecule has 2 heterocycles. The van der Waals surface area contributed by atoms with Crippen molar-refractivity contribution in [1.82, 2.24) is 14.9 Å². The van der Waals surface area contributed by atoms with E-state index in [9.17, 15) is 4.79 Å². The quantitative estimate of drug-likeness (QED) is 0.716. The molecule has 3 N–H and O–H groups in total. The number of carbonyl (C=O) groups is 1. The highest BCUT2D eigenvalue weighted by Crippen LogP contribution is 2.14. The summed E-state index contributed by atoms with van der Waals surface area (Å²) in [6.07, 6.45) is 1.26. The summed E-state index contributed by atoms with van der Waals surface area (Å²) in [7, 11) is 2.06. The number of carboxylic acids is 1. The van der Waals surface area contributed by atoms with Crippen molar-refractivity contribution in [1.29, 1.82) is 0 Å². The third-order valence-corrected chi connectivity index (χ3v) is 2.82. The van der Waals surface area contributed by atoms with E-state index in [1.54, 1.807) is 0 Å². The SMILES string of the molecule is CN1CCN(c2ncc(C(=O)O)c(N)n2)CC1. The van der Waals surface area contributed by atoms with Crippen molar-refractivity contribution in [2.45, 2.75) is 0 Å². The number of piperazine rings is 1. The second-order valence-corrected chi connectivity index (χ2v) is 4.06. The minimum absolute atomic E-state index is 0.0152. The Hall–Kier alpha value is -1.89. The Bertz CT molecular complexity index is 429. The second-order valence-electron chi connectivity index (χ2n) is 4.06. The summed E-state index contributed by atoms with van der Waals surface area (Å²) in [5, 5.41) is 8.82. The largest absolute Gasteiger partial charge is 0.477 e. The highest BCUT2D eigenvalue weighted by Gasteiger charge is 2.18. The van der Waals surface area contributed by atoms with E-state index in [1.165, 1.54) is 6.20 Å². The third-order valence-electron chi connectivity index (χ3n) is 2.82. The molecule has 1 fully saturated rings. The summed E-state index contributed by atoms with van der Waals surface area (Å²) >= 11 is 0. The maximum atomic E-state index is 10.8. The predicted molar refractivity (Wildman–Crippen MR) is 63.1 cm³/mol. The zero-order chi connectivity index (χ0) is 12.4. The lowest BCUT2D eigenvalue weighted by molar-refractivity contribution is 0.0697. The lowest BCUT2D eigenvalue weighted by Gasteiger charge is -2.32. The Kier molecular flexibility index (Phi) is 3.10. The van der Waals surface area contributed by atoms with Gasteiger partial charge in [-0.1, -0.05) is 0 Å². The van der Waals surface area contributed by atoms with Gasteiger partial charge in [0.1, 0.15) is 11.4 Å². The molecular weight excluding hydrogens is 222 g/mol. The Labute approximate surface area is 98.9 Å². The van der Waals surface area contributed by atoms with Crippen LogP contribution < -0.4 is 10.6 Å². The van der Waals surface area contributed by atoms with Crippen LogP contribution in [0.1, 0.15) is 10.4 Å². The molecule has 7 heteroatoms. The maximum absolute atomic E-state index is 10.8. The Morgan fingerprint density at radius 3 is 2.59 bits per heavy atom. The monoisotopic (exact) mass is 237 g/mol. The molecule has 0 saturated carbocycles. The fraction of sp³-hybridized carbons (Fsp3) is 0.500. The third kappa shape index (κ3) is 2.44. The number of hydrogen-bond acceptors (Lipinski definition) is 6. The predicted octanol–water partition coefficient (Wildman–Crippen LogP) is -0.491. The van der Waals surface area contributed by atoms with E-state index in [-0.39, 0.29) is 11.4 Å². The summed E-state index contributed by atoms with van der Waals surface area (Å²) in [5.41, 5.74) is 5.53. The van der Waals surface area contributed by atoms with E-state index in [2.05, 4.69) is 21.9 Å². The van der Waals surface area contributed by atoms with Crippen LogP contribution in [0.25, 0.3) is 0 Å². The first-order chi connectivity index (χ1) is 8.08. The Morgan fingerprint density at radius 1 is 1.41 bits per heavy atom. The molecule has 2 rings (SSSR count). The lowest BCUT2D eigenvalue weighted by atomic mass is 10.3. The van der Waals surface area contributed by atoms with Crippen molar-refractivity contribution in [3.8, 4) is 0 Å². The Morgan fingerprint density at radius 2 is 2.06 bits per heavy atom. The molecule has 92 valence electrons. The van der Waals surface area contributed by atoms with Gasteiger partial charge in [-0.25, -0.2) is 9.78 Å². The van der Waals surface area contributed by atoms with Crippen LogP contribution in [0, 0.1) is 0 Å². The molecule has 0 bridgehead atoms. The number of aromatic carboxylic acids is 1. The summed E-state index contributed by atoms with van der Waals surface area (Å²) in [5.74, 6) is -0.588. The first-order valence-electron chi connectivity index (χ1n) is 5.37. The van der Waals surface area contributed by atoms with Crippen LogP contribution in [-0.4, -0.2) is 59.2 Å². The topological polar surface area (TPSA) is 95.6 Å². The van der Waals surface area contributed by atoms with Gasteiger partial charge in [0.05, 0.1) is 0 Å². The zero-order valence-electron chi connectivity index (χ0n) is 9.63. The van der Waals surface area contributed by atoms with Gasteiger partial charge in [0.25, 0.3) is 0 Å². The highest BCUT2D eigenvalue weighted by molar-refractivity contribution is 5.92. The van der Waals surface area contributed by atoms with Crippen molar-refractivity contribution in [2.75, 3.05) is 43.9 Å². The molecular formula is C10H15N5O2. The van der Waals surface area contributed by atoms with Crippen molar-refractivity contribution in [3.63, 3.8) is 0 Å². The first kappa shape index (κ1) is 11.6. The van der Waals surface area contributed by atoms with Crippen LogP contribution in [0.2, 0.25) is 0 Å². The van der Waals surface area contributed by atoms with Crippen molar-refractivity contribution in [2.24, 2.45) is 0 Å². The zero-order valence-corrected chi connectivity index (χ0v) is 9.63. The molecule has 7 nitrogen and oxygen atoms in total. The highest BCUT2D eigenvalue weighted by atomic mass is 16.4. The molecule has 0 atom stereocenters. The summed E-state index contributed by atoms with van der Waals surface area (Å²) in [6, 6.07) is 0. The van der Waals surface area contributed by atoms with Crippen LogP contribution in [0.4, 0.5) is 11.8 Å². The van der Waals surface area contributed by atoms with Crippen LogP contribution in [0.5, 0.6) is 0 Å². The van der Waals surface area contributed by atoms with Gasteiger partial charge in [0.15, 0.2) is 0 Å². The number of hydrogen-bond donors (Lipinski definition) is 2. The molecule has 1 aromatic rings. The van der Waals surface area contributed by atoms with Crippen molar-refractivity contribution >= 4 is 17.7 Å². The molecule has 0 amide bonds. The molecule has 1 aliphatic heterocycles. The molecule has 0 unspecified atom stereocenters. The average molecular weight is 237 g/mol. The van der Waals surface area contributed by atoms with Crippen LogP contribution in [0.15, 0.2) is 6.20 Å². The number of nitrogens with zero attached hydrogens (tertiary/aromatic N) is 4. The van der Waals surface area contributed by atoms with E-state index in [1.807, 2.05) is 4.90 Å². The Balaban J connectivity index is 2.17. The summed E-state index contributed by atoms with van der Waals surface area (Å²) in [6.45, 7) is 3.51. The van der Waals surface area contributed by atoms with E-state index < -0.39 is 5.97 Å². The molecule has 1 aromatic heterocycles. The number of likely N-dealkylation sites (N-methyl/N-ethyl adjacent to an activating group) is 1. The minimum atomic E-state index is -1.10. The molecule has 1 saturated heterocycles. The molecule has 1 aliphatic rings. The number of rotatable bonds is 2. The van der Waals surface area contributed by atoms with Crippen molar-refractivity contribution < 1.29 is 9.90 Å². The summed E-state index contributed by atoms with van der Waals surface area (Å²) in [4.78, 5) is 23.1. The van der Waals surface area contributed by atoms with E-state index >= 15 is 0 Å². The molecule has 17 heavy (non-hydrogen) atoms. The maximum Gasteiger partial charge on any atom is 0.341 e. The average Bonchev–Trinajstić information content (AvgIpc) is 2.29. The van der Waals surface area contributed by atoms with Gasteiger partial charge in [-0.15, -0.1) is 0 Å². The standard InChI is InChI=1S/C10H15N5O2/c1-14-2-4-15(5-3-14)10-12-6-7(9(16)17)8(11)13-10/h6H,2-5H2,1H3,(H,16,17)(H2,11,12,13). The van der Waals surface area contributed by atoms with Crippen LogP contribution >= 0.6 is 0 Å². The molecule has 0 spiro atoms. The van der Waals surface area contributed by atoms with Crippen molar-refractivity contribution in [3.05, 3.63) is 11.8 Å². The van der Waals surface area contributed by atoms with E-state index in [4.69, 9.17) is 10.8 Å². The molecule has 0 aliphatic carbocycles. The van der Waals surface area contributed by atoms with Gasteiger partial charge in [-0.05, 0) is 7.05 Å². The van der Waals surface area contributed by atoms with Gasteiger partial charge < -0.3 is 20.6 Å². The van der Waals surface area contributed by atoms with Gasteiger partial charge >= 0.3 is 5.97 Å². The summed E-state index contributed by atoms with van der Waals surface area (Å²) < 4.78 is 0. The van der Waals surface area contributed by atoms with Crippen LogP contribution in [-0.2, 0) is 0 Å². The normalized spacial score (nSPS) is 17.1. The van der Waals surface area contributed by atoms with Gasteiger partial charge in [0.2, 0.25) is 5.95 Å². The van der Waals surface area contributed by atoms with E-state index in [0.29, 0.717) is 5.95 Å². The lowest BCUT2D eigenvalue weighted by Crippen LogP contribution is -2.45.